The Kier molecular flexibility index (Phi) is 3.81. The van der Waals surface area contributed by atoms with Gasteiger partial charge in [-0.2, -0.15) is 0 Å². The van der Waals surface area contributed by atoms with Crippen LogP contribution in [0.4, 0.5) is 0 Å². The fraction of sp³-hybridized carbons (Fsp3) is 0.455. The van der Waals surface area contributed by atoms with Crippen LogP contribution in [0.1, 0.15) is 31.2 Å². The van der Waals surface area contributed by atoms with E-state index in [2.05, 4.69) is 37.3 Å². The Morgan fingerprint density at radius 3 is 2.50 bits per heavy atom. The molecule has 0 aromatic heterocycles. The van der Waals surface area contributed by atoms with Gasteiger partial charge in [0.15, 0.2) is 0 Å². The van der Waals surface area contributed by atoms with Crippen molar-refractivity contribution in [1.29, 1.82) is 0 Å². The Labute approximate surface area is 74.6 Å². The molecule has 1 heteroatoms. The van der Waals surface area contributed by atoms with E-state index in [-0.39, 0.29) is 0 Å². The van der Waals surface area contributed by atoms with Gasteiger partial charge in [0, 0.05) is 0 Å². The van der Waals surface area contributed by atoms with Gasteiger partial charge >= 0.3 is 0 Å². The molecule has 1 unspecified atom stereocenters. The first-order chi connectivity index (χ1) is 5.84. The molecule has 1 aromatic carbocycles. The van der Waals surface area contributed by atoms with Crippen molar-refractivity contribution in [1.82, 2.24) is 0 Å². The minimum absolute atomic E-state index is 0.648. The quantitative estimate of drug-likeness (QED) is 0.725. The van der Waals surface area contributed by atoms with E-state index < -0.39 is 0 Å². The Hall–Kier alpha value is -0.820. The molecule has 2 N–H and O–H groups in total. The molecule has 0 fully saturated rings. The topological polar surface area (TPSA) is 26.0 Å². The molecule has 0 aliphatic heterocycles. The molecule has 66 valence electrons. The average molecular weight is 163 g/mol. The van der Waals surface area contributed by atoms with Gasteiger partial charge in [-0.05, 0) is 30.9 Å². The Morgan fingerprint density at radius 2 is 1.92 bits per heavy atom. The third kappa shape index (κ3) is 2.67. The molecule has 12 heavy (non-hydrogen) atoms. The second-order valence-electron chi connectivity index (χ2n) is 3.24. The second kappa shape index (κ2) is 4.94. The molecule has 0 aliphatic rings. The van der Waals surface area contributed by atoms with Crippen molar-refractivity contribution in [3.05, 3.63) is 35.9 Å². The third-order valence-corrected chi connectivity index (χ3v) is 2.21. The zero-order chi connectivity index (χ0) is 8.81. The highest BCUT2D eigenvalue weighted by Gasteiger charge is 2.02. The average Bonchev–Trinajstić information content (AvgIpc) is 2.15. The summed E-state index contributed by atoms with van der Waals surface area (Å²) in [4.78, 5) is 0. The number of benzene rings is 1. The van der Waals surface area contributed by atoms with E-state index in [0.29, 0.717) is 5.92 Å². The Morgan fingerprint density at radius 1 is 1.25 bits per heavy atom. The largest absolute Gasteiger partial charge is 0.330 e. The second-order valence-corrected chi connectivity index (χ2v) is 3.24. The normalized spacial score (nSPS) is 12.8. The lowest BCUT2D eigenvalue weighted by Gasteiger charge is -2.10. The molecule has 0 saturated carbocycles. The highest BCUT2D eigenvalue weighted by Crippen LogP contribution is 2.19. The van der Waals surface area contributed by atoms with Gasteiger partial charge in [0.05, 0.1) is 0 Å². The zero-order valence-corrected chi connectivity index (χ0v) is 7.66. The summed E-state index contributed by atoms with van der Waals surface area (Å²) in [5, 5.41) is 0. The van der Waals surface area contributed by atoms with Gasteiger partial charge in [0.25, 0.3) is 0 Å². The summed E-state index contributed by atoms with van der Waals surface area (Å²) >= 11 is 0. The van der Waals surface area contributed by atoms with Crippen LogP contribution in [-0.2, 0) is 0 Å². The van der Waals surface area contributed by atoms with Crippen molar-refractivity contribution in [2.75, 3.05) is 6.54 Å². The van der Waals surface area contributed by atoms with Crippen LogP contribution in [0.3, 0.4) is 0 Å². The fourth-order valence-corrected chi connectivity index (χ4v) is 1.37. The van der Waals surface area contributed by atoms with E-state index in [1.165, 1.54) is 12.0 Å². The van der Waals surface area contributed by atoms with Crippen LogP contribution in [0.15, 0.2) is 30.3 Å². The first kappa shape index (κ1) is 9.27. The summed E-state index contributed by atoms with van der Waals surface area (Å²) < 4.78 is 0. The maximum atomic E-state index is 5.45. The first-order valence-corrected chi connectivity index (χ1v) is 4.59. The molecule has 1 atom stereocenters. The van der Waals surface area contributed by atoms with Crippen LogP contribution >= 0.6 is 0 Å². The molecule has 0 amide bonds. The van der Waals surface area contributed by atoms with Crippen LogP contribution in [-0.4, -0.2) is 6.54 Å². The number of hydrogen-bond acceptors (Lipinski definition) is 1. The fourth-order valence-electron chi connectivity index (χ4n) is 1.37. The third-order valence-electron chi connectivity index (χ3n) is 2.21. The van der Waals surface area contributed by atoms with Gasteiger partial charge in [-0.3, -0.25) is 0 Å². The minimum atomic E-state index is 0.648. The summed E-state index contributed by atoms with van der Waals surface area (Å²) in [6.07, 6.45) is 2.32. The van der Waals surface area contributed by atoms with Crippen molar-refractivity contribution in [3.8, 4) is 0 Å². The molecule has 0 aliphatic carbocycles. The molecule has 0 bridgehead atoms. The maximum Gasteiger partial charge on any atom is -0.00771 e. The summed E-state index contributed by atoms with van der Waals surface area (Å²) in [6, 6.07) is 10.6. The van der Waals surface area contributed by atoms with E-state index >= 15 is 0 Å². The molecule has 0 spiro atoms. The van der Waals surface area contributed by atoms with Crippen molar-refractivity contribution in [3.63, 3.8) is 0 Å². The van der Waals surface area contributed by atoms with E-state index in [1.54, 1.807) is 0 Å². The van der Waals surface area contributed by atoms with Crippen molar-refractivity contribution in [2.24, 2.45) is 5.73 Å². The molecule has 1 nitrogen and oxygen atoms in total. The predicted molar refractivity (Wildman–Crippen MR) is 53.1 cm³/mol. The van der Waals surface area contributed by atoms with Crippen LogP contribution in [0.25, 0.3) is 0 Å². The van der Waals surface area contributed by atoms with Gasteiger partial charge in [0.2, 0.25) is 0 Å². The highest BCUT2D eigenvalue weighted by molar-refractivity contribution is 5.18. The lowest BCUT2D eigenvalue weighted by Crippen LogP contribution is -2.01. The monoisotopic (exact) mass is 163 g/mol. The van der Waals surface area contributed by atoms with Crippen molar-refractivity contribution >= 4 is 0 Å². The molecule has 0 saturated heterocycles. The standard InChI is InChI=1S/C11H17N/c1-10(6-5-9-12)11-7-3-2-4-8-11/h2-4,7-8,10H,5-6,9,12H2,1H3. The SMILES string of the molecule is CC(CCCN)c1ccccc1. The summed E-state index contributed by atoms with van der Waals surface area (Å²) in [6.45, 7) is 3.06. The van der Waals surface area contributed by atoms with Gasteiger partial charge in [0.1, 0.15) is 0 Å². The number of rotatable bonds is 4. The molecular formula is C11H17N. The van der Waals surface area contributed by atoms with Gasteiger partial charge in [-0.15, -0.1) is 0 Å². The summed E-state index contributed by atoms with van der Waals surface area (Å²) in [7, 11) is 0. The van der Waals surface area contributed by atoms with Gasteiger partial charge in [-0.25, -0.2) is 0 Å². The molecular weight excluding hydrogens is 146 g/mol. The Bertz CT molecular complexity index is 206. The number of nitrogens with two attached hydrogens (primary N) is 1. The van der Waals surface area contributed by atoms with E-state index in [0.717, 1.165) is 13.0 Å². The van der Waals surface area contributed by atoms with E-state index in [1.807, 2.05) is 0 Å². The van der Waals surface area contributed by atoms with Crippen LogP contribution < -0.4 is 5.73 Å². The van der Waals surface area contributed by atoms with E-state index in [9.17, 15) is 0 Å². The highest BCUT2D eigenvalue weighted by atomic mass is 14.5. The van der Waals surface area contributed by atoms with Gasteiger partial charge in [-0.1, -0.05) is 37.3 Å². The van der Waals surface area contributed by atoms with Crippen LogP contribution in [0, 0.1) is 0 Å². The predicted octanol–water partition coefficient (Wildman–Crippen LogP) is 2.53. The summed E-state index contributed by atoms with van der Waals surface area (Å²) in [5.41, 5.74) is 6.88. The minimum Gasteiger partial charge on any atom is -0.330 e. The number of hydrogen-bond donors (Lipinski definition) is 1. The molecule has 0 heterocycles. The lowest BCUT2D eigenvalue weighted by atomic mass is 9.96. The molecule has 1 aromatic rings. The van der Waals surface area contributed by atoms with Gasteiger partial charge < -0.3 is 5.73 Å². The summed E-state index contributed by atoms with van der Waals surface area (Å²) in [5.74, 6) is 0.648. The van der Waals surface area contributed by atoms with Crippen molar-refractivity contribution in [2.45, 2.75) is 25.7 Å². The maximum absolute atomic E-state index is 5.45. The van der Waals surface area contributed by atoms with Crippen LogP contribution in [0.5, 0.6) is 0 Å². The Balaban J connectivity index is 2.48. The van der Waals surface area contributed by atoms with E-state index in [4.69, 9.17) is 5.73 Å². The first-order valence-electron chi connectivity index (χ1n) is 4.59. The molecule has 0 radical (unpaired) electrons. The lowest BCUT2D eigenvalue weighted by molar-refractivity contribution is 0.641. The zero-order valence-electron chi connectivity index (χ0n) is 7.66. The molecule has 1 rings (SSSR count). The van der Waals surface area contributed by atoms with Crippen molar-refractivity contribution < 1.29 is 0 Å². The van der Waals surface area contributed by atoms with Crippen LogP contribution in [0.2, 0.25) is 0 Å². The smallest absolute Gasteiger partial charge is 0.00771 e.